The van der Waals surface area contributed by atoms with Crippen molar-refractivity contribution in [3.05, 3.63) is 35.7 Å². The van der Waals surface area contributed by atoms with E-state index in [4.69, 9.17) is 4.52 Å². The molecule has 1 amide bonds. The third-order valence-corrected chi connectivity index (χ3v) is 6.86. The van der Waals surface area contributed by atoms with Crippen molar-refractivity contribution in [2.45, 2.75) is 38.2 Å². The lowest BCUT2D eigenvalue weighted by atomic mass is 9.97. The van der Waals surface area contributed by atoms with Crippen LogP contribution in [0, 0.1) is 19.8 Å². The summed E-state index contributed by atoms with van der Waals surface area (Å²) in [7, 11) is -3.75. The van der Waals surface area contributed by atoms with Gasteiger partial charge in [-0.3, -0.25) is 4.79 Å². The third kappa shape index (κ3) is 4.73. The van der Waals surface area contributed by atoms with Crippen LogP contribution in [0.25, 0.3) is 0 Å². The summed E-state index contributed by atoms with van der Waals surface area (Å²) in [5, 5.41) is 6.36. The van der Waals surface area contributed by atoms with Gasteiger partial charge in [-0.25, -0.2) is 8.42 Å². The van der Waals surface area contributed by atoms with E-state index < -0.39 is 22.6 Å². The number of alkyl halides is 2. The van der Waals surface area contributed by atoms with Crippen molar-refractivity contribution in [2.75, 3.05) is 18.4 Å². The van der Waals surface area contributed by atoms with Gasteiger partial charge in [0.05, 0.1) is 0 Å². The molecular formula is C18H21F2N3O5S. The van der Waals surface area contributed by atoms with E-state index in [9.17, 15) is 22.0 Å². The molecule has 1 N–H and O–H groups in total. The molecule has 1 aromatic carbocycles. The van der Waals surface area contributed by atoms with Crippen molar-refractivity contribution in [3.8, 4) is 5.75 Å². The molecule has 0 atom stereocenters. The standard InChI is InChI=1S/C18H21F2N3O5S/c1-11-16(12(2)28-22-11)29(25,26)23-8-6-13(7-9-23)17(24)21-14-4-3-5-15(10-14)27-18(19)20/h3-5,10,13,18H,6-9H2,1-2H3,(H,21,24). The van der Waals surface area contributed by atoms with Crippen LogP contribution in [0.3, 0.4) is 0 Å². The molecule has 0 spiro atoms. The van der Waals surface area contributed by atoms with Crippen LogP contribution in [0.2, 0.25) is 0 Å². The summed E-state index contributed by atoms with van der Waals surface area (Å²) >= 11 is 0. The molecule has 0 bridgehead atoms. The van der Waals surface area contributed by atoms with Crippen molar-refractivity contribution in [2.24, 2.45) is 5.92 Å². The number of halogens is 2. The Morgan fingerprint density at radius 1 is 1.31 bits per heavy atom. The van der Waals surface area contributed by atoms with Crippen LogP contribution in [0.4, 0.5) is 14.5 Å². The number of piperidine rings is 1. The molecule has 0 radical (unpaired) electrons. The Kier molecular flexibility index (Phi) is 6.18. The maximum absolute atomic E-state index is 12.8. The predicted molar refractivity (Wildman–Crippen MR) is 99.2 cm³/mol. The minimum Gasteiger partial charge on any atom is -0.435 e. The van der Waals surface area contributed by atoms with Gasteiger partial charge in [-0.1, -0.05) is 11.2 Å². The van der Waals surface area contributed by atoms with Crippen molar-refractivity contribution in [3.63, 3.8) is 0 Å². The predicted octanol–water partition coefficient (Wildman–Crippen LogP) is 2.93. The van der Waals surface area contributed by atoms with E-state index in [2.05, 4.69) is 15.2 Å². The number of hydrogen-bond donors (Lipinski definition) is 1. The van der Waals surface area contributed by atoms with E-state index in [1.807, 2.05) is 0 Å². The van der Waals surface area contributed by atoms with Crippen LogP contribution in [0.5, 0.6) is 5.75 Å². The van der Waals surface area contributed by atoms with E-state index in [-0.39, 0.29) is 35.4 Å². The minimum atomic E-state index is -3.75. The van der Waals surface area contributed by atoms with Gasteiger partial charge in [-0.15, -0.1) is 0 Å². The molecule has 8 nitrogen and oxygen atoms in total. The van der Waals surface area contributed by atoms with Gasteiger partial charge < -0.3 is 14.6 Å². The molecule has 1 aromatic heterocycles. The van der Waals surface area contributed by atoms with E-state index >= 15 is 0 Å². The van der Waals surface area contributed by atoms with Gasteiger partial charge in [0.25, 0.3) is 0 Å². The van der Waals surface area contributed by atoms with Gasteiger partial charge in [0.15, 0.2) is 5.76 Å². The highest BCUT2D eigenvalue weighted by Crippen LogP contribution is 2.28. The van der Waals surface area contributed by atoms with Crippen LogP contribution in [0.15, 0.2) is 33.7 Å². The number of aryl methyl sites for hydroxylation is 2. The number of hydrogen-bond acceptors (Lipinski definition) is 6. The zero-order chi connectivity index (χ0) is 21.2. The number of carbonyl (C=O) groups excluding carboxylic acids is 1. The quantitative estimate of drug-likeness (QED) is 0.758. The highest BCUT2D eigenvalue weighted by Gasteiger charge is 2.35. The maximum atomic E-state index is 12.8. The molecule has 2 aromatic rings. The van der Waals surface area contributed by atoms with Gasteiger partial charge in [0.2, 0.25) is 15.9 Å². The second-order valence-electron chi connectivity index (χ2n) is 6.73. The molecule has 0 aliphatic carbocycles. The molecule has 158 valence electrons. The lowest BCUT2D eigenvalue weighted by Crippen LogP contribution is -2.41. The van der Waals surface area contributed by atoms with Crippen molar-refractivity contribution in [1.29, 1.82) is 0 Å². The molecule has 1 aliphatic rings. The first-order valence-electron chi connectivity index (χ1n) is 8.97. The number of anilines is 1. The zero-order valence-corrected chi connectivity index (χ0v) is 16.7. The summed E-state index contributed by atoms with van der Waals surface area (Å²) in [4.78, 5) is 12.6. The molecule has 29 heavy (non-hydrogen) atoms. The second-order valence-corrected chi connectivity index (χ2v) is 8.60. The van der Waals surface area contributed by atoms with E-state index in [1.165, 1.54) is 22.5 Å². The maximum Gasteiger partial charge on any atom is 0.387 e. The normalized spacial score (nSPS) is 16.2. The Morgan fingerprint density at radius 2 is 2.00 bits per heavy atom. The van der Waals surface area contributed by atoms with E-state index in [0.29, 0.717) is 24.2 Å². The largest absolute Gasteiger partial charge is 0.435 e. The first kappa shape index (κ1) is 21.2. The number of ether oxygens (including phenoxy) is 1. The van der Waals surface area contributed by atoms with E-state index in [0.717, 1.165) is 0 Å². The first-order chi connectivity index (χ1) is 13.7. The van der Waals surface area contributed by atoms with Crippen LogP contribution in [-0.2, 0) is 14.8 Å². The summed E-state index contributed by atoms with van der Waals surface area (Å²) in [5.74, 6) is -0.522. The monoisotopic (exact) mass is 429 g/mol. The number of nitrogens with one attached hydrogen (secondary N) is 1. The smallest absolute Gasteiger partial charge is 0.387 e. The fourth-order valence-corrected chi connectivity index (χ4v) is 5.09. The average Bonchev–Trinajstić information content (AvgIpc) is 3.00. The van der Waals surface area contributed by atoms with Crippen molar-refractivity contribution < 1.29 is 31.3 Å². The van der Waals surface area contributed by atoms with Crippen LogP contribution < -0.4 is 10.1 Å². The molecule has 0 saturated carbocycles. The number of aromatic nitrogens is 1. The summed E-state index contributed by atoms with van der Waals surface area (Å²) in [6, 6.07) is 5.72. The molecule has 1 fully saturated rings. The average molecular weight is 429 g/mol. The van der Waals surface area contributed by atoms with Crippen LogP contribution >= 0.6 is 0 Å². The zero-order valence-electron chi connectivity index (χ0n) is 15.9. The summed E-state index contributed by atoms with van der Waals surface area (Å²) in [6.45, 7) is 0.511. The van der Waals surface area contributed by atoms with Crippen molar-refractivity contribution >= 4 is 21.6 Å². The molecule has 2 heterocycles. The molecule has 3 rings (SSSR count). The first-order valence-corrected chi connectivity index (χ1v) is 10.4. The number of amides is 1. The van der Waals surface area contributed by atoms with Crippen LogP contribution in [0.1, 0.15) is 24.3 Å². The highest BCUT2D eigenvalue weighted by molar-refractivity contribution is 7.89. The van der Waals surface area contributed by atoms with Gasteiger partial charge in [-0.2, -0.15) is 13.1 Å². The number of sulfonamides is 1. The summed E-state index contributed by atoms with van der Waals surface area (Å²) in [6.07, 6.45) is 0.670. The fraction of sp³-hybridized carbons (Fsp3) is 0.444. The van der Waals surface area contributed by atoms with Gasteiger partial charge in [0, 0.05) is 30.8 Å². The minimum absolute atomic E-state index is 0.0572. The number of nitrogens with zero attached hydrogens (tertiary/aromatic N) is 2. The molecular weight excluding hydrogens is 408 g/mol. The molecule has 1 saturated heterocycles. The third-order valence-electron chi connectivity index (χ3n) is 4.72. The molecule has 0 unspecified atom stereocenters. The summed E-state index contributed by atoms with van der Waals surface area (Å²) in [5.41, 5.74) is 0.632. The molecule has 11 heteroatoms. The van der Waals surface area contributed by atoms with Gasteiger partial charge in [0.1, 0.15) is 16.3 Å². The van der Waals surface area contributed by atoms with Gasteiger partial charge in [-0.05, 0) is 38.8 Å². The molecule has 1 aliphatic heterocycles. The number of benzene rings is 1. The summed E-state index contributed by atoms with van der Waals surface area (Å²) < 4.78 is 60.9. The number of carbonyl (C=O) groups is 1. The lowest BCUT2D eigenvalue weighted by molar-refractivity contribution is -0.120. The Bertz CT molecular complexity index is 966. The Morgan fingerprint density at radius 3 is 2.59 bits per heavy atom. The van der Waals surface area contributed by atoms with Crippen molar-refractivity contribution in [1.82, 2.24) is 9.46 Å². The SMILES string of the molecule is Cc1noc(C)c1S(=O)(=O)N1CCC(C(=O)Nc2cccc(OC(F)F)c2)CC1. The lowest BCUT2D eigenvalue weighted by Gasteiger charge is -2.30. The van der Waals surface area contributed by atoms with Crippen LogP contribution in [-0.4, -0.2) is 43.5 Å². The highest BCUT2D eigenvalue weighted by atomic mass is 32.2. The topological polar surface area (TPSA) is 102 Å². The Labute approximate surface area is 166 Å². The van der Waals surface area contributed by atoms with E-state index in [1.54, 1.807) is 19.9 Å². The van der Waals surface area contributed by atoms with Gasteiger partial charge >= 0.3 is 6.61 Å². The second kappa shape index (κ2) is 8.46. The Balaban J connectivity index is 1.61. The Hall–Kier alpha value is -2.53. The fourth-order valence-electron chi connectivity index (χ4n) is 3.32. The number of rotatable bonds is 6.